The van der Waals surface area contributed by atoms with Crippen LogP contribution in [0.3, 0.4) is 0 Å². The van der Waals surface area contributed by atoms with Crippen LogP contribution in [0.4, 0.5) is 0 Å². The van der Waals surface area contributed by atoms with Crippen molar-refractivity contribution in [3.63, 3.8) is 0 Å². The monoisotopic (exact) mass is 1220 g/mol. The van der Waals surface area contributed by atoms with Crippen LogP contribution < -0.4 is 54.6 Å². The molecule has 0 aliphatic heterocycles. The van der Waals surface area contributed by atoms with Crippen molar-refractivity contribution in [2.24, 2.45) is 0 Å². The predicted molar refractivity (Wildman–Crippen MR) is 418 cm³/mol. The van der Waals surface area contributed by atoms with E-state index in [0.29, 0.717) is 11.1 Å². The topological polar surface area (TPSA) is 38.7 Å². The van der Waals surface area contributed by atoms with E-state index in [-0.39, 0.29) is 88.6 Å². The molecule has 0 saturated heterocycles. The van der Waals surface area contributed by atoms with E-state index in [0.717, 1.165) is 86.4 Å². The Balaban J connectivity index is 0.955. The zero-order chi connectivity index (χ0) is 68.6. The molecule has 1 saturated carbocycles. The van der Waals surface area contributed by atoms with Crippen LogP contribution in [0.15, 0.2) is 176 Å². The Morgan fingerprint density at radius 1 is 0.292 bits per heavy atom. The van der Waals surface area contributed by atoms with Crippen molar-refractivity contribution in [1.29, 1.82) is 0 Å². The zero-order valence-electron chi connectivity index (χ0n) is 57.2. The van der Waals surface area contributed by atoms with E-state index in [1.807, 2.05) is 20.0 Å². The van der Waals surface area contributed by atoms with Crippen LogP contribution in [0, 0.1) is 13.8 Å². The highest BCUT2D eigenvalue weighted by Crippen LogP contribution is 2.53. The SMILES string of the molecule is [B]c1c([B])c([B])c(-c2cnc(-c3ccc(-c4cc(C(C)(C)C)ccc4C4CC(c5ccccc5-c5ccc(-c6cc(C(C)(C)C)ccn6)cc5)CC(c5ccc(C(C)(C)C)cc5-c5ccc(-c6cc(C)c(-c7c([B])c([B])c([B])c([B])c7[B])cn6)cc5)C4)cc3)cc2C)c([B])c1[B]. The second kappa shape index (κ2) is 26.4. The molecule has 1 fully saturated rings. The molecule has 96 heavy (non-hydrogen) atoms. The van der Waals surface area contributed by atoms with Crippen LogP contribution >= 0.6 is 0 Å². The molecule has 1 aliphatic carbocycles. The summed E-state index contributed by atoms with van der Waals surface area (Å²) in [5, 5.41) is 0. The molecule has 8 aromatic carbocycles. The third-order valence-corrected chi connectivity index (χ3v) is 20.1. The number of hydrogen-bond acceptors (Lipinski definition) is 3. The van der Waals surface area contributed by atoms with Crippen LogP contribution in [0.5, 0.6) is 0 Å². The molecule has 20 radical (unpaired) electrons. The summed E-state index contributed by atoms with van der Waals surface area (Å²) in [4.78, 5) is 14.8. The molecule has 448 valence electrons. The second-order valence-corrected chi connectivity index (χ2v) is 29.6. The van der Waals surface area contributed by atoms with E-state index in [1.165, 1.54) is 55.6 Å². The summed E-state index contributed by atoms with van der Waals surface area (Å²) in [6, 6.07) is 58.8. The first kappa shape index (κ1) is 67.8. The summed E-state index contributed by atoms with van der Waals surface area (Å²) < 4.78 is 0. The summed E-state index contributed by atoms with van der Waals surface area (Å²) in [5.41, 5.74) is 27.1. The molecule has 0 amide bonds. The van der Waals surface area contributed by atoms with Gasteiger partial charge in [0, 0.05) is 46.4 Å². The largest absolute Gasteiger partial charge is 0.256 e. The Bertz CT molecular complexity index is 4530. The third-order valence-electron chi connectivity index (χ3n) is 20.1. The second-order valence-electron chi connectivity index (χ2n) is 29.6. The maximum absolute atomic E-state index is 6.54. The Morgan fingerprint density at radius 2 is 0.594 bits per heavy atom. The van der Waals surface area contributed by atoms with E-state index >= 15 is 0 Å². The van der Waals surface area contributed by atoms with Crippen molar-refractivity contribution in [3.8, 4) is 89.4 Å². The van der Waals surface area contributed by atoms with Gasteiger partial charge in [0.2, 0.25) is 0 Å². The van der Waals surface area contributed by atoms with Gasteiger partial charge in [-0.1, -0.05) is 218 Å². The van der Waals surface area contributed by atoms with Gasteiger partial charge in [-0.15, -0.1) is 32.8 Å². The lowest BCUT2D eigenvalue weighted by Gasteiger charge is -2.39. The van der Waals surface area contributed by atoms with Crippen molar-refractivity contribution in [2.45, 2.75) is 129 Å². The first-order valence-corrected chi connectivity index (χ1v) is 33.1. The first-order chi connectivity index (χ1) is 45.5. The average Bonchev–Trinajstić information content (AvgIpc) is 0.780. The van der Waals surface area contributed by atoms with Crippen LogP contribution in [0.1, 0.15) is 144 Å². The van der Waals surface area contributed by atoms with Gasteiger partial charge in [0.15, 0.2) is 0 Å². The van der Waals surface area contributed by atoms with Crippen molar-refractivity contribution in [2.75, 3.05) is 0 Å². The molecule has 3 aromatic heterocycles. The highest BCUT2D eigenvalue weighted by Gasteiger charge is 2.36. The van der Waals surface area contributed by atoms with Crippen molar-refractivity contribution >= 4 is 133 Å². The Kier molecular flexibility index (Phi) is 18.6. The summed E-state index contributed by atoms with van der Waals surface area (Å²) in [7, 11) is 63.8. The summed E-state index contributed by atoms with van der Waals surface area (Å²) in [5.74, 6) is 0.533. The third kappa shape index (κ3) is 13.1. The van der Waals surface area contributed by atoms with E-state index in [1.54, 1.807) is 12.4 Å². The number of pyridine rings is 3. The molecule has 2 unspecified atom stereocenters. The average molecular weight is 1220 g/mol. The quantitative estimate of drug-likeness (QED) is 0.121. The summed E-state index contributed by atoms with van der Waals surface area (Å²) in [6.45, 7) is 24.5. The molecular weight excluding hydrogens is 1150 g/mol. The van der Waals surface area contributed by atoms with Crippen LogP contribution in [0.25, 0.3) is 89.4 Å². The molecular formula is C83H71B10N3. The molecule has 1 aliphatic rings. The number of hydrogen-bond donors (Lipinski definition) is 0. The number of aromatic nitrogens is 3. The molecule has 0 N–H and O–H groups in total. The minimum absolute atomic E-state index is 0.00181. The lowest BCUT2D eigenvalue weighted by molar-refractivity contribution is 0.352. The summed E-state index contributed by atoms with van der Waals surface area (Å²) >= 11 is 0. The van der Waals surface area contributed by atoms with Gasteiger partial charge in [-0.25, -0.2) is 0 Å². The number of benzene rings is 8. The number of aryl methyl sites for hydroxylation is 2. The van der Waals surface area contributed by atoms with E-state index in [9.17, 15) is 0 Å². The molecule has 0 spiro atoms. The van der Waals surface area contributed by atoms with E-state index in [4.69, 9.17) is 93.4 Å². The molecule has 0 bridgehead atoms. The van der Waals surface area contributed by atoms with E-state index in [2.05, 4.69) is 220 Å². The molecule has 13 heteroatoms. The lowest BCUT2D eigenvalue weighted by Crippen LogP contribution is -2.55. The highest BCUT2D eigenvalue weighted by atomic mass is 14.7. The van der Waals surface area contributed by atoms with Gasteiger partial charge >= 0.3 is 0 Å². The molecule has 2 atom stereocenters. The smallest absolute Gasteiger partial charge is 0.113 e. The minimum atomic E-state index is -0.108. The van der Waals surface area contributed by atoms with Gasteiger partial charge in [0.05, 0.1) is 17.1 Å². The van der Waals surface area contributed by atoms with Crippen LogP contribution in [0.2, 0.25) is 0 Å². The zero-order valence-corrected chi connectivity index (χ0v) is 57.2. The normalized spacial score (nSPS) is 15.2. The first-order valence-electron chi connectivity index (χ1n) is 33.1. The number of rotatable bonds is 11. The maximum Gasteiger partial charge on any atom is 0.113 e. The fourth-order valence-electron chi connectivity index (χ4n) is 14.2. The summed E-state index contributed by atoms with van der Waals surface area (Å²) in [6.07, 6.45) is 8.37. The van der Waals surface area contributed by atoms with E-state index < -0.39 is 0 Å². The fourth-order valence-corrected chi connectivity index (χ4v) is 14.2. The Labute approximate surface area is 583 Å². The van der Waals surface area contributed by atoms with Crippen molar-refractivity contribution in [1.82, 2.24) is 15.0 Å². The van der Waals surface area contributed by atoms with Gasteiger partial charge in [0.1, 0.15) is 78.5 Å². The van der Waals surface area contributed by atoms with Gasteiger partial charge in [0.25, 0.3) is 0 Å². The predicted octanol–water partition coefficient (Wildman–Crippen LogP) is 10.5. The standard InChI is InChI=1S/C83H71B10N3/c1-44-34-66(95-42-64(44)69-71(84)75(88)79(92)76(89)72(69)85)49-24-18-47(19-25-49)62-39-55(81(3,4)5)28-30-60(62)53-36-52(59-15-13-12-14-58(59)46-16-22-51(23-17-46)68-41-57(32-33-94-68)83(9,10)11)37-54(38-53)61-31-29-56(82(6,7)8)40-63(61)48-20-26-50(27-21-48)67-35-45(2)65(43-96-67)70-73(86)77(90)80(93)78(91)74(70)87/h12-35,39-43,52-54H,36-38H2,1-11H3. The lowest BCUT2D eigenvalue weighted by atomic mass is 9.59. The van der Waals surface area contributed by atoms with Crippen molar-refractivity contribution in [3.05, 3.63) is 221 Å². The molecule has 3 heterocycles. The van der Waals surface area contributed by atoms with Gasteiger partial charge in [-0.2, -0.15) is 0 Å². The van der Waals surface area contributed by atoms with Crippen LogP contribution in [-0.2, 0) is 16.2 Å². The highest BCUT2D eigenvalue weighted by molar-refractivity contribution is 6.70. The fraction of sp³-hybridized carbons (Fsp3) is 0.241. The molecule has 12 rings (SSSR count). The van der Waals surface area contributed by atoms with Gasteiger partial charge in [-0.05, 0) is 180 Å². The number of nitrogens with zero attached hydrogens (tertiary/aromatic N) is 3. The maximum atomic E-state index is 6.54. The Morgan fingerprint density at radius 3 is 0.948 bits per heavy atom. The Hall–Kier alpha value is -8.14. The van der Waals surface area contributed by atoms with Gasteiger partial charge < -0.3 is 0 Å². The van der Waals surface area contributed by atoms with Gasteiger partial charge in [-0.3, -0.25) is 15.0 Å². The van der Waals surface area contributed by atoms with Crippen molar-refractivity contribution < 1.29 is 0 Å². The molecule has 3 nitrogen and oxygen atoms in total. The minimum Gasteiger partial charge on any atom is -0.256 e. The van der Waals surface area contributed by atoms with Crippen LogP contribution in [-0.4, -0.2) is 93.4 Å². The molecule has 11 aromatic rings.